The van der Waals surface area contributed by atoms with Crippen LogP contribution in [-0.4, -0.2) is 18.4 Å². The average Bonchev–Trinajstić information content (AvgIpc) is 2.99. The van der Waals surface area contributed by atoms with Crippen LogP contribution in [0.15, 0.2) is 41.1 Å². The number of hydrogen-bond donors (Lipinski definition) is 2. The zero-order valence-corrected chi connectivity index (χ0v) is 12.3. The minimum atomic E-state index is -0.119. The van der Waals surface area contributed by atoms with Gasteiger partial charge in [0.05, 0.1) is 12.1 Å². The second-order valence-corrected chi connectivity index (χ2v) is 5.04. The van der Waals surface area contributed by atoms with Gasteiger partial charge in [0, 0.05) is 23.6 Å². The van der Waals surface area contributed by atoms with Crippen molar-refractivity contribution < 1.29 is 9.59 Å². The molecule has 0 saturated carbocycles. The molecule has 0 unspecified atom stereocenters. The van der Waals surface area contributed by atoms with Crippen LogP contribution in [0, 0.1) is 11.8 Å². The molecule has 2 amide bonds. The average molecular weight is 298 g/mol. The van der Waals surface area contributed by atoms with Crippen molar-refractivity contribution in [2.45, 2.75) is 6.92 Å². The van der Waals surface area contributed by atoms with Crippen LogP contribution < -0.4 is 10.6 Å². The second-order valence-electron chi connectivity index (χ2n) is 4.26. The van der Waals surface area contributed by atoms with E-state index in [9.17, 15) is 9.59 Å². The first kappa shape index (κ1) is 14.8. The molecule has 5 heteroatoms. The van der Waals surface area contributed by atoms with Gasteiger partial charge in [-0.3, -0.25) is 9.59 Å². The molecule has 0 spiro atoms. The fraction of sp³-hybridized carbons (Fsp3) is 0.125. The maximum Gasteiger partial charge on any atom is 0.252 e. The third-order valence-corrected chi connectivity index (χ3v) is 3.24. The van der Waals surface area contributed by atoms with E-state index in [4.69, 9.17) is 0 Å². The van der Waals surface area contributed by atoms with Crippen LogP contribution in [0.25, 0.3) is 0 Å². The summed E-state index contributed by atoms with van der Waals surface area (Å²) in [6.07, 6.45) is 0. The van der Waals surface area contributed by atoms with E-state index in [1.54, 1.807) is 23.6 Å². The minimum absolute atomic E-state index is 0.107. The number of nitrogens with one attached hydrogen (secondary N) is 2. The summed E-state index contributed by atoms with van der Waals surface area (Å²) in [5.74, 6) is 5.61. The largest absolute Gasteiger partial charge is 0.341 e. The van der Waals surface area contributed by atoms with E-state index in [2.05, 4.69) is 22.5 Å². The summed E-state index contributed by atoms with van der Waals surface area (Å²) in [5, 5.41) is 9.07. The van der Waals surface area contributed by atoms with E-state index in [-0.39, 0.29) is 11.8 Å². The lowest BCUT2D eigenvalue weighted by Crippen LogP contribution is -2.22. The highest BCUT2D eigenvalue weighted by Gasteiger charge is 2.02. The van der Waals surface area contributed by atoms with Crippen LogP contribution in [0.1, 0.15) is 22.8 Å². The van der Waals surface area contributed by atoms with E-state index in [0.29, 0.717) is 12.1 Å². The Kier molecular flexibility index (Phi) is 5.13. The molecule has 2 aromatic rings. The molecule has 0 saturated heterocycles. The molecule has 1 aromatic carbocycles. The molecular formula is C16H14N2O2S. The van der Waals surface area contributed by atoms with Crippen molar-refractivity contribution in [3.05, 3.63) is 52.2 Å². The van der Waals surface area contributed by atoms with Crippen molar-refractivity contribution in [1.82, 2.24) is 5.32 Å². The highest BCUT2D eigenvalue weighted by atomic mass is 32.1. The van der Waals surface area contributed by atoms with Crippen LogP contribution in [0.3, 0.4) is 0 Å². The van der Waals surface area contributed by atoms with E-state index < -0.39 is 0 Å². The standard InChI is InChI=1S/C16H14N2O2S/c1-12(19)18-15-6-4-13(5-7-15)3-2-9-17-16(20)14-8-10-21-11-14/h4-8,10-11H,9H2,1H3,(H,17,20)(H,18,19). The normalized spacial score (nSPS) is 9.38. The lowest BCUT2D eigenvalue weighted by molar-refractivity contribution is -0.114. The number of carbonyl (C=O) groups excluding carboxylic acids is 2. The van der Waals surface area contributed by atoms with Crippen molar-refractivity contribution >= 4 is 28.8 Å². The number of benzene rings is 1. The van der Waals surface area contributed by atoms with Gasteiger partial charge >= 0.3 is 0 Å². The second kappa shape index (κ2) is 7.27. The summed E-state index contributed by atoms with van der Waals surface area (Å²) in [6, 6.07) is 8.98. The van der Waals surface area contributed by atoms with Crippen molar-refractivity contribution in [3.63, 3.8) is 0 Å². The molecule has 0 atom stereocenters. The summed E-state index contributed by atoms with van der Waals surface area (Å²) in [5.41, 5.74) is 2.22. The van der Waals surface area contributed by atoms with Gasteiger partial charge in [0.1, 0.15) is 0 Å². The van der Waals surface area contributed by atoms with Crippen molar-refractivity contribution in [2.24, 2.45) is 0 Å². The smallest absolute Gasteiger partial charge is 0.252 e. The molecule has 1 heterocycles. The fourth-order valence-corrected chi connectivity index (χ4v) is 2.24. The van der Waals surface area contributed by atoms with Crippen LogP contribution in [0.2, 0.25) is 0 Å². The molecular weight excluding hydrogens is 284 g/mol. The topological polar surface area (TPSA) is 58.2 Å². The summed E-state index contributed by atoms with van der Waals surface area (Å²) in [4.78, 5) is 22.5. The molecule has 0 aliphatic carbocycles. The Hall–Kier alpha value is -2.58. The molecule has 21 heavy (non-hydrogen) atoms. The third-order valence-electron chi connectivity index (χ3n) is 2.56. The first-order valence-electron chi connectivity index (χ1n) is 6.32. The summed E-state index contributed by atoms with van der Waals surface area (Å²) >= 11 is 1.48. The predicted octanol–water partition coefficient (Wildman–Crippen LogP) is 2.49. The quantitative estimate of drug-likeness (QED) is 0.855. The number of thiophene rings is 1. The Labute approximate surface area is 127 Å². The number of amides is 2. The van der Waals surface area contributed by atoms with E-state index in [1.165, 1.54) is 18.3 Å². The van der Waals surface area contributed by atoms with Gasteiger partial charge in [0.2, 0.25) is 5.91 Å². The van der Waals surface area contributed by atoms with Gasteiger partial charge in [-0.2, -0.15) is 11.3 Å². The van der Waals surface area contributed by atoms with Crippen molar-refractivity contribution in [2.75, 3.05) is 11.9 Å². The van der Waals surface area contributed by atoms with Gasteiger partial charge < -0.3 is 10.6 Å². The molecule has 106 valence electrons. The van der Waals surface area contributed by atoms with Crippen molar-refractivity contribution in [1.29, 1.82) is 0 Å². The maximum atomic E-state index is 11.7. The molecule has 0 radical (unpaired) electrons. The van der Waals surface area contributed by atoms with E-state index in [0.717, 1.165) is 11.3 Å². The van der Waals surface area contributed by atoms with Gasteiger partial charge in [-0.1, -0.05) is 11.8 Å². The number of anilines is 1. The maximum absolute atomic E-state index is 11.7. The molecule has 0 bridgehead atoms. The van der Waals surface area contributed by atoms with Gasteiger partial charge in [0.15, 0.2) is 0 Å². The molecule has 4 nitrogen and oxygen atoms in total. The van der Waals surface area contributed by atoms with Crippen LogP contribution in [0.5, 0.6) is 0 Å². The highest BCUT2D eigenvalue weighted by Crippen LogP contribution is 2.08. The van der Waals surface area contributed by atoms with Crippen LogP contribution >= 0.6 is 11.3 Å². The molecule has 0 fully saturated rings. The Morgan fingerprint density at radius 2 is 1.95 bits per heavy atom. The fourth-order valence-electron chi connectivity index (χ4n) is 1.61. The lowest BCUT2D eigenvalue weighted by atomic mass is 10.2. The zero-order chi connectivity index (χ0) is 15.1. The summed E-state index contributed by atoms with van der Waals surface area (Å²) in [6.45, 7) is 1.76. The molecule has 2 N–H and O–H groups in total. The van der Waals surface area contributed by atoms with E-state index in [1.807, 2.05) is 17.5 Å². The molecule has 2 rings (SSSR count). The van der Waals surface area contributed by atoms with Gasteiger partial charge in [-0.15, -0.1) is 0 Å². The summed E-state index contributed by atoms with van der Waals surface area (Å²) < 4.78 is 0. The molecule has 1 aromatic heterocycles. The molecule has 0 aliphatic heterocycles. The van der Waals surface area contributed by atoms with Crippen LogP contribution in [-0.2, 0) is 4.79 Å². The highest BCUT2D eigenvalue weighted by molar-refractivity contribution is 7.08. The van der Waals surface area contributed by atoms with Crippen LogP contribution in [0.4, 0.5) is 5.69 Å². The van der Waals surface area contributed by atoms with E-state index >= 15 is 0 Å². The monoisotopic (exact) mass is 298 g/mol. The summed E-state index contributed by atoms with van der Waals surface area (Å²) in [7, 11) is 0. The van der Waals surface area contributed by atoms with Gasteiger partial charge in [-0.05, 0) is 35.7 Å². The minimum Gasteiger partial charge on any atom is -0.341 e. The first-order valence-corrected chi connectivity index (χ1v) is 7.26. The number of carbonyl (C=O) groups is 2. The Morgan fingerprint density at radius 3 is 2.57 bits per heavy atom. The third kappa shape index (κ3) is 4.79. The number of rotatable bonds is 3. The van der Waals surface area contributed by atoms with Crippen molar-refractivity contribution in [3.8, 4) is 11.8 Å². The lowest BCUT2D eigenvalue weighted by Gasteiger charge is -2.00. The Balaban J connectivity index is 1.85. The number of hydrogen-bond acceptors (Lipinski definition) is 3. The van der Waals surface area contributed by atoms with Gasteiger partial charge in [0.25, 0.3) is 5.91 Å². The zero-order valence-electron chi connectivity index (χ0n) is 11.5. The Morgan fingerprint density at radius 1 is 1.19 bits per heavy atom. The molecule has 0 aliphatic rings. The SMILES string of the molecule is CC(=O)Nc1ccc(C#CCNC(=O)c2ccsc2)cc1. The predicted molar refractivity (Wildman–Crippen MR) is 84.3 cm³/mol. The first-order chi connectivity index (χ1) is 10.1. The Bertz CT molecular complexity index is 679. The van der Waals surface area contributed by atoms with Gasteiger partial charge in [-0.25, -0.2) is 0 Å².